The summed E-state index contributed by atoms with van der Waals surface area (Å²) in [6, 6.07) is 9.14. The Bertz CT molecular complexity index is 925. The van der Waals surface area contributed by atoms with Crippen molar-refractivity contribution in [2.45, 2.75) is 25.3 Å². The summed E-state index contributed by atoms with van der Waals surface area (Å²) in [7, 11) is 0. The van der Waals surface area contributed by atoms with Gasteiger partial charge in [-0.1, -0.05) is 12.1 Å². The Labute approximate surface area is 157 Å². The van der Waals surface area contributed by atoms with Crippen molar-refractivity contribution in [1.29, 1.82) is 0 Å². The molecule has 1 atom stereocenters. The van der Waals surface area contributed by atoms with Gasteiger partial charge in [-0.25, -0.2) is 14.8 Å². The summed E-state index contributed by atoms with van der Waals surface area (Å²) >= 11 is 0. The van der Waals surface area contributed by atoms with Gasteiger partial charge in [0.2, 0.25) is 0 Å². The molecule has 0 spiro atoms. The summed E-state index contributed by atoms with van der Waals surface area (Å²) in [5, 5.41) is 9.19. The lowest BCUT2D eigenvalue weighted by atomic mass is 9.97. The average Bonchev–Trinajstić information content (AvgIpc) is 3.17. The van der Waals surface area contributed by atoms with Gasteiger partial charge in [0.25, 0.3) is 0 Å². The molecular formula is C20H21N5O2. The van der Waals surface area contributed by atoms with Crippen LogP contribution in [-0.4, -0.2) is 43.7 Å². The fourth-order valence-corrected chi connectivity index (χ4v) is 3.62. The zero-order valence-electron chi connectivity index (χ0n) is 14.9. The highest BCUT2D eigenvalue weighted by molar-refractivity contribution is 5.85. The van der Waals surface area contributed by atoms with E-state index < -0.39 is 5.97 Å². The van der Waals surface area contributed by atoms with E-state index in [0.29, 0.717) is 5.82 Å². The maximum Gasteiger partial charge on any atom is 0.354 e. The SMILES string of the molecule is O=C(O)c1cccc(N2CCC[C@@H](c3nccn3Cc3cccnc3)C2)n1. The van der Waals surface area contributed by atoms with Gasteiger partial charge in [0.05, 0.1) is 6.54 Å². The molecule has 3 aromatic rings. The first-order chi connectivity index (χ1) is 13.2. The molecule has 4 heterocycles. The number of hydrogen-bond donors (Lipinski definition) is 1. The lowest BCUT2D eigenvalue weighted by Gasteiger charge is -2.33. The molecule has 0 aromatic carbocycles. The predicted molar refractivity (Wildman–Crippen MR) is 101 cm³/mol. The number of piperidine rings is 1. The van der Waals surface area contributed by atoms with Crippen LogP contribution in [0.3, 0.4) is 0 Å². The topological polar surface area (TPSA) is 84.1 Å². The molecule has 138 valence electrons. The molecule has 0 unspecified atom stereocenters. The number of carboxylic acid groups (broad SMARTS) is 1. The third kappa shape index (κ3) is 3.81. The molecule has 0 saturated carbocycles. The van der Waals surface area contributed by atoms with Crippen LogP contribution in [0.5, 0.6) is 0 Å². The Kier molecular flexibility index (Phi) is 4.82. The van der Waals surface area contributed by atoms with Crippen LogP contribution < -0.4 is 4.90 Å². The Hall–Kier alpha value is -3.22. The minimum Gasteiger partial charge on any atom is -0.477 e. The van der Waals surface area contributed by atoms with Crippen molar-refractivity contribution in [2.75, 3.05) is 18.0 Å². The predicted octanol–water partition coefficient (Wildman–Crippen LogP) is 2.80. The Morgan fingerprint density at radius 3 is 2.96 bits per heavy atom. The van der Waals surface area contributed by atoms with Crippen molar-refractivity contribution in [3.63, 3.8) is 0 Å². The first-order valence-corrected chi connectivity index (χ1v) is 9.06. The molecule has 1 aliphatic heterocycles. The maximum absolute atomic E-state index is 11.2. The van der Waals surface area contributed by atoms with Gasteiger partial charge in [0.1, 0.15) is 11.6 Å². The van der Waals surface area contributed by atoms with Gasteiger partial charge in [-0.3, -0.25) is 4.98 Å². The van der Waals surface area contributed by atoms with Gasteiger partial charge in [-0.05, 0) is 36.6 Å². The molecule has 7 nitrogen and oxygen atoms in total. The highest BCUT2D eigenvalue weighted by Crippen LogP contribution is 2.28. The van der Waals surface area contributed by atoms with E-state index in [1.807, 2.05) is 30.7 Å². The highest BCUT2D eigenvalue weighted by atomic mass is 16.4. The van der Waals surface area contributed by atoms with Crippen LogP contribution in [0.25, 0.3) is 0 Å². The van der Waals surface area contributed by atoms with Gasteiger partial charge in [-0.15, -0.1) is 0 Å². The molecule has 1 aliphatic rings. The average molecular weight is 363 g/mol. The van der Waals surface area contributed by atoms with Crippen molar-refractivity contribution < 1.29 is 9.90 Å². The van der Waals surface area contributed by atoms with Crippen LogP contribution in [0, 0.1) is 0 Å². The van der Waals surface area contributed by atoms with E-state index in [1.165, 1.54) is 6.07 Å². The number of aromatic nitrogens is 4. The van der Waals surface area contributed by atoms with Gasteiger partial charge >= 0.3 is 5.97 Å². The van der Waals surface area contributed by atoms with Crippen LogP contribution in [0.1, 0.15) is 40.6 Å². The van der Waals surface area contributed by atoms with Gasteiger partial charge in [0.15, 0.2) is 5.69 Å². The van der Waals surface area contributed by atoms with Gasteiger partial charge in [0, 0.05) is 43.8 Å². The van der Waals surface area contributed by atoms with Gasteiger partial charge in [-0.2, -0.15) is 0 Å². The Morgan fingerprint density at radius 1 is 1.22 bits per heavy atom. The summed E-state index contributed by atoms with van der Waals surface area (Å²) in [4.78, 5) is 26.4. The van der Waals surface area contributed by atoms with Crippen molar-refractivity contribution in [1.82, 2.24) is 19.5 Å². The lowest BCUT2D eigenvalue weighted by Crippen LogP contribution is -2.36. The molecule has 0 amide bonds. The molecule has 1 N–H and O–H groups in total. The number of rotatable bonds is 5. The Morgan fingerprint density at radius 2 is 2.15 bits per heavy atom. The zero-order valence-corrected chi connectivity index (χ0v) is 14.9. The standard InChI is InChI=1S/C20H21N5O2/c26-20(27)17-6-1-7-18(23-17)24-10-3-5-16(14-24)19-22-9-11-25(19)13-15-4-2-8-21-12-15/h1-2,4,6-9,11-12,16H,3,5,10,13-14H2,(H,26,27)/t16-/m1/s1. The summed E-state index contributed by atoms with van der Waals surface area (Å²) in [6.45, 7) is 2.39. The largest absolute Gasteiger partial charge is 0.477 e. The highest BCUT2D eigenvalue weighted by Gasteiger charge is 2.26. The second-order valence-electron chi connectivity index (χ2n) is 6.75. The molecule has 7 heteroatoms. The second kappa shape index (κ2) is 7.57. The van der Waals surface area contributed by atoms with Crippen molar-refractivity contribution >= 4 is 11.8 Å². The fourth-order valence-electron chi connectivity index (χ4n) is 3.62. The van der Waals surface area contributed by atoms with E-state index in [-0.39, 0.29) is 11.6 Å². The number of hydrogen-bond acceptors (Lipinski definition) is 5. The van der Waals surface area contributed by atoms with E-state index in [4.69, 9.17) is 0 Å². The van der Waals surface area contributed by atoms with Crippen LogP contribution >= 0.6 is 0 Å². The summed E-state index contributed by atoms with van der Waals surface area (Å²) in [5.74, 6) is 1.04. The minimum absolute atomic E-state index is 0.0766. The molecular weight excluding hydrogens is 342 g/mol. The monoisotopic (exact) mass is 363 g/mol. The molecule has 0 aliphatic carbocycles. The number of nitrogens with zero attached hydrogens (tertiary/aromatic N) is 5. The minimum atomic E-state index is -1.00. The molecule has 0 radical (unpaired) electrons. The number of pyridine rings is 2. The van der Waals surface area contributed by atoms with Crippen LogP contribution in [-0.2, 0) is 6.54 Å². The molecule has 1 fully saturated rings. The van der Waals surface area contributed by atoms with E-state index in [0.717, 1.165) is 43.9 Å². The van der Waals surface area contributed by atoms with Crippen molar-refractivity contribution in [3.8, 4) is 0 Å². The van der Waals surface area contributed by atoms with Crippen LogP contribution in [0.4, 0.5) is 5.82 Å². The van der Waals surface area contributed by atoms with E-state index in [2.05, 4.69) is 30.5 Å². The summed E-state index contributed by atoms with van der Waals surface area (Å²) in [6.07, 6.45) is 9.56. The van der Waals surface area contributed by atoms with Crippen LogP contribution in [0.15, 0.2) is 55.1 Å². The van der Waals surface area contributed by atoms with Crippen molar-refractivity contribution in [3.05, 3.63) is 72.2 Å². The Balaban J connectivity index is 1.53. The summed E-state index contributed by atoms with van der Waals surface area (Å²) in [5.41, 5.74) is 1.22. The third-order valence-corrected chi connectivity index (χ3v) is 4.89. The number of anilines is 1. The third-order valence-electron chi connectivity index (χ3n) is 4.89. The van der Waals surface area contributed by atoms with Crippen LogP contribution in [0.2, 0.25) is 0 Å². The first-order valence-electron chi connectivity index (χ1n) is 9.06. The molecule has 27 heavy (non-hydrogen) atoms. The maximum atomic E-state index is 11.2. The number of carbonyl (C=O) groups is 1. The lowest BCUT2D eigenvalue weighted by molar-refractivity contribution is 0.0690. The number of imidazole rings is 1. The van der Waals surface area contributed by atoms with E-state index in [1.54, 1.807) is 12.3 Å². The van der Waals surface area contributed by atoms with E-state index >= 15 is 0 Å². The van der Waals surface area contributed by atoms with Gasteiger partial charge < -0.3 is 14.6 Å². The normalized spacial score (nSPS) is 17.0. The molecule has 1 saturated heterocycles. The quantitative estimate of drug-likeness (QED) is 0.750. The summed E-state index contributed by atoms with van der Waals surface area (Å²) < 4.78 is 2.17. The van der Waals surface area contributed by atoms with Crippen molar-refractivity contribution in [2.24, 2.45) is 0 Å². The molecule has 3 aromatic heterocycles. The van der Waals surface area contributed by atoms with E-state index in [9.17, 15) is 9.90 Å². The smallest absolute Gasteiger partial charge is 0.354 e. The number of carboxylic acids is 1. The number of aromatic carboxylic acids is 1. The first kappa shape index (κ1) is 17.2. The fraction of sp³-hybridized carbons (Fsp3) is 0.300. The zero-order chi connectivity index (χ0) is 18.6. The molecule has 0 bridgehead atoms. The molecule has 4 rings (SSSR count). The second-order valence-corrected chi connectivity index (χ2v) is 6.75.